The third-order valence-corrected chi connectivity index (χ3v) is 2.68. The normalized spacial score (nSPS) is 11.3. The van der Waals surface area contributed by atoms with Gasteiger partial charge in [0.2, 0.25) is 5.91 Å². The number of hydrogen-bond acceptors (Lipinski definition) is 3. The van der Waals surface area contributed by atoms with E-state index in [0.717, 1.165) is 19.5 Å². The second-order valence-corrected chi connectivity index (χ2v) is 5.09. The van der Waals surface area contributed by atoms with Crippen LogP contribution in [-0.2, 0) is 4.79 Å². The van der Waals surface area contributed by atoms with Crippen molar-refractivity contribution >= 4 is 17.6 Å². The number of aliphatic imine (C=N–C) groups is 1. The molecule has 0 radical (unpaired) electrons. The number of anilines is 1. The predicted octanol–water partition coefficient (Wildman–Crippen LogP) is 1.62. The highest BCUT2D eigenvalue weighted by molar-refractivity contribution is 5.93. The zero-order chi connectivity index (χ0) is 15.5. The SMILES string of the molecule is CCNC(=NCC(=O)Nc1cccnc1)NCCC(C)C. The number of nitrogens with zero attached hydrogens (tertiary/aromatic N) is 2. The van der Waals surface area contributed by atoms with Crippen LogP contribution in [0.1, 0.15) is 27.2 Å². The van der Waals surface area contributed by atoms with Gasteiger partial charge in [0, 0.05) is 19.3 Å². The lowest BCUT2D eigenvalue weighted by atomic mass is 10.1. The zero-order valence-corrected chi connectivity index (χ0v) is 13.0. The molecule has 1 rings (SSSR count). The molecule has 0 unspecified atom stereocenters. The van der Waals surface area contributed by atoms with Crippen LogP contribution in [0.4, 0.5) is 5.69 Å². The third kappa shape index (κ3) is 7.91. The Balaban J connectivity index is 2.43. The van der Waals surface area contributed by atoms with Gasteiger partial charge in [-0.2, -0.15) is 0 Å². The fourth-order valence-corrected chi connectivity index (χ4v) is 1.61. The minimum atomic E-state index is -0.163. The molecule has 0 bridgehead atoms. The molecule has 0 atom stereocenters. The molecular formula is C15H25N5O. The molecule has 0 spiro atoms. The molecule has 6 heteroatoms. The highest BCUT2D eigenvalue weighted by atomic mass is 16.1. The Morgan fingerprint density at radius 3 is 2.81 bits per heavy atom. The smallest absolute Gasteiger partial charge is 0.246 e. The second-order valence-electron chi connectivity index (χ2n) is 5.09. The molecular weight excluding hydrogens is 266 g/mol. The van der Waals surface area contributed by atoms with Gasteiger partial charge in [0.05, 0.1) is 11.9 Å². The Kier molecular flexibility index (Phi) is 7.86. The van der Waals surface area contributed by atoms with E-state index in [-0.39, 0.29) is 12.5 Å². The summed E-state index contributed by atoms with van der Waals surface area (Å²) in [5.41, 5.74) is 0.676. The molecule has 1 heterocycles. The molecule has 0 saturated carbocycles. The highest BCUT2D eigenvalue weighted by Crippen LogP contribution is 2.01. The average Bonchev–Trinajstić information content (AvgIpc) is 2.45. The molecule has 0 fully saturated rings. The van der Waals surface area contributed by atoms with Crippen LogP contribution in [0.25, 0.3) is 0 Å². The molecule has 1 aromatic rings. The van der Waals surface area contributed by atoms with Crippen molar-refractivity contribution in [2.45, 2.75) is 27.2 Å². The molecule has 3 N–H and O–H groups in total. The molecule has 6 nitrogen and oxygen atoms in total. The fourth-order valence-electron chi connectivity index (χ4n) is 1.61. The van der Waals surface area contributed by atoms with Crippen molar-refractivity contribution in [3.63, 3.8) is 0 Å². The summed E-state index contributed by atoms with van der Waals surface area (Å²) in [4.78, 5) is 20.0. The summed E-state index contributed by atoms with van der Waals surface area (Å²) in [5.74, 6) is 1.14. The monoisotopic (exact) mass is 291 g/mol. The van der Waals surface area contributed by atoms with Crippen molar-refractivity contribution in [1.29, 1.82) is 0 Å². The van der Waals surface area contributed by atoms with Crippen LogP contribution in [0.3, 0.4) is 0 Å². The number of pyridine rings is 1. The van der Waals surface area contributed by atoms with Gasteiger partial charge < -0.3 is 16.0 Å². The summed E-state index contributed by atoms with van der Waals surface area (Å²) in [5, 5.41) is 9.09. The van der Waals surface area contributed by atoms with Crippen molar-refractivity contribution in [3.05, 3.63) is 24.5 Å². The molecule has 0 aliphatic heterocycles. The first-order chi connectivity index (χ1) is 10.1. The van der Waals surface area contributed by atoms with Crippen molar-refractivity contribution in [1.82, 2.24) is 15.6 Å². The molecule has 0 aliphatic carbocycles. The third-order valence-electron chi connectivity index (χ3n) is 2.68. The van der Waals surface area contributed by atoms with Gasteiger partial charge in [-0.15, -0.1) is 0 Å². The van der Waals surface area contributed by atoms with E-state index >= 15 is 0 Å². The number of hydrogen-bond donors (Lipinski definition) is 3. The highest BCUT2D eigenvalue weighted by Gasteiger charge is 2.03. The number of carbonyl (C=O) groups is 1. The summed E-state index contributed by atoms with van der Waals surface area (Å²) < 4.78 is 0. The van der Waals surface area contributed by atoms with E-state index in [1.165, 1.54) is 0 Å². The van der Waals surface area contributed by atoms with Gasteiger partial charge in [0.1, 0.15) is 6.54 Å². The van der Waals surface area contributed by atoms with Crippen LogP contribution >= 0.6 is 0 Å². The molecule has 116 valence electrons. The zero-order valence-electron chi connectivity index (χ0n) is 13.0. The van der Waals surface area contributed by atoms with Crippen molar-refractivity contribution in [2.75, 3.05) is 25.0 Å². The lowest BCUT2D eigenvalue weighted by Crippen LogP contribution is -2.38. The first kappa shape index (κ1) is 16.9. The van der Waals surface area contributed by atoms with Crippen LogP contribution < -0.4 is 16.0 Å². The summed E-state index contributed by atoms with van der Waals surface area (Å²) >= 11 is 0. The van der Waals surface area contributed by atoms with Gasteiger partial charge in [-0.05, 0) is 31.4 Å². The van der Waals surface area contributed by atoms with Crippen LogP contribution in [0.2, 0.25) is 0 Å². The van der Waals surface area contributed by atoms with E-state index in [1.807, 2.05) is 6.92 Å². The van der Waals surface area contributed by atoms with Gasteiger partial charge in [0.15, 0.2) is 5.96 Å². The van der Waals surface area contributed by atoms with Gasteiger partial charge in [-0.25, -0.2) is 4.99 Å². The largest absolute Gasteiger partial charge is 0.357 e. The number of nitrogens with one attached hydrogen (secondary N) is 3. The Hall–Kier alpha value is -2.11. The molecule has 1 aromatic heterocycles. The van der Waals surface area contributed by atoms with Crippen LogP contribution in [0.5, 0.6) is 0 Å². The van der Waals surface area contributed by atoms with E-state index < -0.39 is 0 Å². The minimum Gasteiger partial charge on any atom is -0.357 e. The molecule has 1 amide bonds. The lowest BCUT2D eigenvalue weighted by Gasteiger charge is -2.12. The average molecular weight is 291 g/mol. The summed E-state index contributed by atoms with van der Waals surface area (Å²) in [6.45, 7) is 8.02. The van der Waals surface area contributed by atoms with Gasteiger partial charge >= 0.3 is 0 Å². The summed E-state index contributed by atoms with van der Waals surface area (Å²) in [6.07, 6.45) is 4.33. The standard InChI is InChI=1S/C15H25N5O/c1-4-17-15(18-9-7-12(2)3)19-11-14(21)20-13-6-5-8-16-10-13/h5-6,8,10,12H,4,7,9,11H2,1-3H3,(H,20,21)(H2,17,18,19). The maximum Gasteiger partial charge on any atom is 0.246 e. The number of rotatable bonds is 7. The number of carbonyl (C=O) groups excluding carboxylic acids is 1. The number of guanidine groups is 1. The number of aromatic nitrogens is 1. The second kappa shape index (κ2) is 9.74. The van der Waals surface area contributed by atoms with Gasteiger partial charge in [-0.3, -0.25) is 9.78 Å². The van der Waals surface area contributed by atoms with E-state index in [4.69, 9.17) is 0 Å². The molecule has 0 saturated heterocycles. The van der Waals surface area contributed by atoms with Crippen LogP contribution in [0, 0.1) is 5.92 Å². The lowest BCUT2D eigenvalue weighted by molar-refractivity contribution is -0.114. The van der Waals surface area contributed by atoms with Gasteiger partial charge in [-0.1, -0.05) is 13.8 Å². The Morgan fingerprint density at radius 2 is 2.19 bits per heavy atom. The molecule has 0 aliphatic rings. The first-order valence-corrected chi connectivity index (χ1v) is 7.34. The van der Waals surface area contributed by atoms with Crippen molar-refractivity contribution in [3.8, 4) is 0 Å². The predicted molar refractivity (Wildman–Crippen MR) is 86.3 cm³/mol. The van der Waals surface area contributed by atoms with Crippen LogP contribution in [0.15, 0.2) is 29.5 Å². The topological polar surface area (TPSA) is 78.4 Å². The fraction of sp³-hybridized carbons (Fsp3) is 0.533. The van der Waals surface area contributed by atoms with E-state index in [2.05, 4.69) is 39.8 Å². The van der Waals surface area contributed by atoms with Crippen LogP contribution in [-0.4, -0.2) is 36.5 Å². The maximum atomic E-state index is 11.8. The quantitative estimate of drug-likeness (QED) is 0.527. The first-order valence-electron chi connectivity index (χ1n) is 7.34. The van der Waals surface area contributed by atoms with Crippen molar-refractivity contribution < 1.29 is 4.79 Å². The number of amides is 1. The Bertz CT molecular complexity index is 445. The van der Waals surface area contributed by atoms with E-state index in [1.54, 1.807) is 24.5 Å². The minimum absolute atomic E-state index is 0.0753. The van der Waals surface area contributed by atoms with E-state index in [9.17, 15) is 4.79 Å². The maximum absolute atomic E-state index is 11.8. The van der Waals surface area contributed by atoms with E-state index in [0.29, 0.717) is 17.6 Å². The molecule has 0 aromatic carbocycles. The Morgan fingerprint density at radius 1 is 1.38 bits per heavy atom. The molecule has 21 heavy (non-hydrogen) atoms. The van der Waals surface area contributed by atoms with Crippen molar-refractivity contribution in [2.24, 2.45) is 10.9 Å². The summed E-state index contributed by atoms with van der Waals surface area (Å²) in [6, 6.07) is 3.57. The van der Waals surface area contributed by atoms with Gasteiger partial charge in [0.25, 0.3) is 0 Å². The summed E-state index contributed by atoms with van der Waals surface area (Å²) in [7, 11) is 0. The Labute approximate surface area is 126 Å².